The summed E-state index contributed by atoms with van der Waals surface area (Å²) < 4.78 is 38.5. The van der Waals surface area contributed by atoms with Gasteiger partial charge < -0.3 is 24.1 Å². The van der Waals surface area contributed by atoms with Gasteiger partial charge in [-0.25, -0.2) is 0 Å². The van der Waals surface area contributed by atoms with Gasteiger partial charge in [0.25, 0.3) is 5.70 Å². The Balaban J connectivity index is 1.70. The Kier molecular flexibility index (Phi) is 7.26. The lowest BCUT2D eigenvalue weighted by atomic mass is 10.1. The SMILES string of the molecule is Cc1cc(/C(O)=C(/C(=S)Nc2ccc(OC(F)F)cc2)[n+]2ccccc2)c(C)n1Cc1ccco1. The van der Waals surface area contributed by atoms with Crippen molar-refractivity contribution in [1.82, 2.24) is 4.57 Å². The summed E-state index contributed by atoms with van der Waals surface area (Å²) in [5.41, 5.74) is 3.35. The van der Waals surface area contributed by atoms with E-state index in [1.807, 2.05) is 50.2 Å². The summed E-state index contributed by atoms with van der Waals surface area (Å²) in [6.45, 7) is 1.51. The fourth-order valence-corrected chi connectivity index (χ4v) is 4.09. The molecule has 4 aromatic rings. The third kappa shape index (κ3) is 5.58. The van der Waals surface area contributed by atoms with Crippen LogP contribution in [0.2, 0.25) is 0 Å². The highest BCUT2D eigenvalue weighted by Gasteiger charge is 2.26. The molecule has 0 aliphatic carbocycles. The number of aliphatic hydroxyl groups excluding tert-OH is 1. The van der Waals surface area contributed by atoms with Gasteiger partial charge in [-0.05, 0) is 56.3 Å². The smallest absolute Gasteiger partial charge is 0.387 e. The maximum atomic E-state index is 12.4. The van der Waals surface area contributed by atoms with Crippen LogP contribution in [0.3, 0.4) is 0 Å². The zero-order chi connectivity index (χ0) is 24.9. The second kappa shape index (κ2) is 10.5. The number of aryl methyl sites for hydroxylation is 1. The molecule has 9 heteroatoms. The molecule has 35 heavy (non-hydrogen) atoms. The summed E-state index contributed by atoms with van der Waals surface area (Å²) in [4.78, 5) is 0.247. The molecule has 0 bridgehead atoms. The van der Waals surface area contributed by atoms with Crippen LogP contribution in [0.15, 0.2) is 83.7 Å². The topological polar surface area (TPSA) is 63.4 Å². The van der Waals surface area contributed by atoms with E-state index in [1.54, 1.807) is 35.4 Å². The highest BCUT2D eigenvalue weighted by molar-refractivity contribution is 7.81. The van der Waals surface area contributed by atoms with Crippen LogP contribution in [0.1, 0.15) is 22.7 Å². The first-order valence-corrected chi connectivity index (χ1v) is 11.2. The van der Waals surface area contributed by atoms with E-state index in [4.69, 9.17) is 16.6 Å². The molecule has 1 aromatic carbocycles. The molecule has 0 atom stereocenters. The van der Waals surface area contributed by atoms with Crippen molar-refractivity contribution < 1.29 is 27.6 Å². The number of furan rings is 1. The third-order valence-electron chi connectivity index (χ3n) is 5.47. The number of rotatable bonds is 8. The molecule has 0 saturated carbocycles. The van der Waals surface area contributed by atoms with Gasteiger partial charge >= 0.3 is 6.61 Å². The van der Waals surface area contributed by atoms with Gasteiger partial charge in [-0.15, -0.1) is 0 Å². The summed E-state index contributed by atoms with van der Waals surface area (Å²) in [7, 11) is 0. The van der Waals surface area contributed by atoms with Crippen molar-refractivity contribution in [3.8, 4) is 5.75 Å². The number of thiocarbonyl (C=S) groups is 1. The van der Waals surface area contributed by atoms with Crippen molar-refractivity contribution in [2.75, 3.05) is 5.32 Å². The lowest BCUT2D eigenvalue weighted by Gasteiger charge is -2.11. The van der Waals surface area contributed by atoms with E-state index in [-0.39, 0.29) is 16.5 Å². The van der Waals surface area contributed by atoms with Gasteiger partial charge in [-0.2, -0.15) is 13.3 Å². The zero-order valence-electron chi connectivity index (χ0n) is 19.1. The number of hydrogen-bond acceptors (Lipinski definition) is 4. The second-order valence-corrected chi connectivity index (χ2v) is 8.20. The molecule has 0 aliphatic rings. The Hall–Kier alpha value is -3.98. The summed E-state index contributed by atoms with van der Waals surface area (Å²) in [6.07, 6.45) is 5.19. The Bertz CT molecular complexity index is 1330. The van der Waals surface area contributed by atoms with Crippen LogP contribution in [-0.2, 0) is 6.54 Å². The molecular formula is C26H24F2N3O3S+. The molecule has 0 aliphatic heterocycles. The first-order valence-electron chi connectivity index (χ1n) is 10.8. The minimum absolute atomic E-state index is 0.00449. The number of nitrogens with zero attached hydrogens (tertiary/aromatic N) is 2. The van der Waals surface area contributed by atoms with Gasteiger partial charge in [0.1, 0.15) is 11.5 Å². The first-order chi connectivity index (χ1) is 16.8. The Morgan fingerprint density at radius 1 is 1.11 bits per heavy atom. The lowest BCUT2D eigenvalue weighted by molar-refractivity contribution is -0.575. The van der Waals surface area contributed by atoms with Crippen LogP contribution >= 0.6 is 12.2 Å². The van der Waals surface area contributed by atoms with E-state index in [9.17, 15) is 13.9 Å². The fraction of sp³-hybridized carbons (Fsp3) is 0.154. The molecule has 6 nitrogen and oxygen atoms in total. The maximum Gasteiger partial charge on any atom is 0.387 e. The van der Waals surface area contributed by atoms with E-state index >= 15 is 0 Å². The van der Waals surface area contributed by atoms with Crippen molar-refractivity contribution in [1.29, 1.82) is 0 Å². The van der Waals surface area contributed by atoms with Crippen LogP contribution < -0.4 is 14.6 Å². The normalized spacial score (nSPS) is 11.9. The number of alkyl halides is 2. The van der Waals surface area contributed by atoms with Gasteiger partial charge in [0.2, 0.25) is 5.76 Å². The van der Waals surface area contributed by atoms with Crippen LogP contribution in [0, 0.1) is 13.8 Å². The fourth-order valence-electron chi connectivity index (χ4n) is 3.77. The van der Waals surface area contributed by atoms with Crippen LogP contribution in [-0.4, -0.2) is 21.3 Å². The largest absolute Gasteiger partial charge is 0.502 e. The summed E-state index contributed by atoms with van der Waals surface area (Å²) in [5, 5.41) is 14.5. The first kappa shape index (κ1) is 24.2. The molecule has 0 fully saturated rings. The number of benzene rings is 1. The summed E-state index contributed by atoms with van der Waals surface area (Å²) in [5.74, 6) is 0.836. The van der Waals surface area contributed by atoms with E-state index in [0.717, 1.165) is 17.1 Å². The lowest BCUT2D eigenvalue weighted by Crippen LogP contribution is -2.38. The minimum Gasteiger partial charge on any atom is -0.502 e. The standard InChI is InChI=1S/C26H23F2N3O3S/c1-17-15-22(18(2)31(17)16-21-7-6-14-33-21)24(32)23(30-12-4-3-5-13-30)25(35)29-19-8-10-20(11-9-19)34-26(27)28/h3-15,26H,16H2,1-2H3,(H-,29,32,35)/p+1. The molecule has 2 N–H and O–H groups in total. The van der Waals surface area contributed by atoms with E-state index in [2.05, 4.69) is 14.6 Å². The average Bonchev–Trinajstić information content (AvgIpc) is 3.45. The highest BCUT2D eigenvalue weighted by Crippen LogP contribution is 2.26. The number of pyridine rings is 1. The quantitative estimate of drug-likeness (QED) is 0.136. The Morgan fingerprint density at radius 2 is 1.83 bits per heavy atom. The van der Waals surface area contributed by atoms with Crippen molar-refractivity contribution in [2.45, 2.75) is 27.0 Å². The molecule has 0 amide bonds. The summed E-state index contributed by atoms with van der Waals surface area (Å²) >= 11 is 5.67. The molecule has 0 saturated heterocycles. The van der Waals surface area contributed by atoms with E-state index in [1.165, 1.54) is 12.1 Å². The van der Waals surface area contributed by atoms with Crippen molar-refractivity contribution in [3.63, 3.8) is 0 Å². The van der Waals surface area contributed by atoms with Crippen molar-refractivity contribution in [3.05, 3.63) is 102 Å². The number of anilines is 1. The second-order valence-electron chi connectivity index (χ2n) is 7.79. The zero-order valence-corrected chi connectivity index (χ0v) is 19.9. The number of aliphatic hydroxyl groups is 1. The Labute approximate surface area is 206 Å². The summed E-state index contributed by atoms with van der Waals surface area (Å²) in [6, 6.07) is 17.1. The Morgan fingerprint density at radius 3 is 2.46 bits per heavy atom. The van der Waals surface area contributed by atoms with Gasteiger partial charge in [-0.1, -0.05) is 18.3 Å². The molecule has 180 valence electrons. The highest BCUT2D eigenvalue weighted by atomic mass is 32.1. The number of halogens is 2. The van der Waals surface area contributed by atoms with Crippen molar-refractivity contribution >= 4 is 34.3 Å². The van der Waals surface area contributed by atoms with E-state index in [0.29, 0.717) is 23.5 Å². The van der Waals surface area contributed by atoms with Gasteiger partial charge in [0.15, 0.2) is 17.4 Å². The number of nitrogens with one attached hydrogen (secondary N) is 1. The van der Waals surface area contributed by atoms with Crippen LogP contribution in [0.5, 0.6) is 5.75 Å². The van der Waals surface area contributed by atoms with Crippen LogP contribution in [0.25, 0.3) is 11.5 Å². The monoisotopic (exact) mass is 496 g/mol. The molecule has 0 unspecified atom stereocenters. The number of aromatic nitrogens is 2. The predicted molar refractivity (Wildman–Crippen MR) is 133 cm³/mol. The number of ether oxygens (including phenoxy) is 1. The third-order valence-corrected chi connectivity index (χ3v) is 5.77. The molecule has 0 radical (unpaired) electrons. The van der Waals surface area contributed by atoms with Gasteiger partial charge in [0, 0.05) is 34.8 Å². The van der Waals surface area contributed by atoms with Crippen LogP contribution in [0.4, 0.5) is 14.5 Å². The average molecular weight is 497 g/mol. The minimum atomic E-state index is -2.90. The maximum absolute atomic E-state index is 12.4. The molecule has 3 heterocycles. The van der Waals surface area contributed by atoms with E-state index < -0.39 is 6.61 Å². The molecule has 4 rings (SSSR count). The van der Waals surface area contributed by atoms with Crippen molar-refractivity contribution in [2.24, 2.45) is 0 Å². The predicted octanol–water partition coefficient (Wildman–Crippen LogP) is 5.96. The van der Waals surface area contributed by atoms with Gasteiger partial charge in [-0.3, -0.25) is 0 Å². The number of hydrogen-bond donors (Lipinski definition) is 2. The van der Waals surface area contributed by atoms with Gasteiger partial charge in [0.05, 0.1) is 12.8 Å². The molecule has 3 aromatic heterocycles. The molecule has 0 spiro atoms. The molecular weight excluding hydrogens is 472 g/mol.